The van der Waals surface area contributed by atoms with Gasteiger partial charge in [0.05, 0.1) is 19.8 Å². The van der Waals surface area contributed by atoms with Gasteiger partial charge in [-0.25, -0.2) is 0 Å². The van der Waals surface area contributed by atoms with Crippen LogP contribution < -0.4 is 4.74 Å². The summed E-state index contributed by atoms with van der Waals surface area (Å²) >= 11 is 0. The van der Waals surface area contributed by atoms with Crippen molar-refractivity contribution in [2.24, 2.45) is 0 Å². The van der Waals surface area contributed by atoms with E-state index in [2.05, 4.69) is 11.9 Å². The Morgan fingerprint density at radius 3 is 3.17 bits per heavy atom. The van der Waals surface area contributed by atoms with Gasteiger partial charge < -0.3 is 14.6 Å². The molecule has 0 amide bonds. The van der Waals surface area contributed by atoms with Crippen molar-refractivity contribution in [3.8, 4) is 5.75 Å². The van der Waals surface area contributed by atoms with Crippen molar-refractivity contribution in [2.45, 2.75) is 44.3 Å². The maximum Gasteiger partial charge on any atom is 0.143 e. The molecule has 1 saturated heterocycles. The Labute approximate surface area is 108 Å². The van der Waals surface area contributed by atoms with E-state index in [1.54, 1.807) is 13.3 Å². The minimum absolute atomic E-state index is 0.112. The third-order valence-corrected chi connectivity index (χ3v) is 3.48. The first-order valence-corrected chi connectivity index (χ1v) is 6.53. The molecule has 1 fully saturated rings. The Balaban J connectivity index is 2.23. The maximum atomic E-state index is 10.8. The lowest BCUT2D eigenvalue weighted by atomic mass is 9.85. The average Bonchev–Trinajstić information content (AvgIpc) is 2.39. The van der Waals surface area contributed by atoms with Crippen LogP contribution in [-0.4, -0.2) is 29.9 Å². The second kappa shape index (κ2) is 5.67. The Morgan fingerprint density at radius 2 is 2.44 bits per heavy atom. The van der Waals surface area contributed by atoms with Gasteiger partial charge in [0.1, 0.15) is 17.0 Å². The summed E-state index contributed by atoms with van der Waals surface area (Å²) in [5.41, 5.74) is -0.290. The topological polar surface area (TPSA) is 51.6 Å². The van der Waals surface area contributed by atoms with E-state index in [4.69, 9.17) is 9.47 Å². The van der Waals surface area contributed by atoms with E-state index in [9.17, 15) is 5.11 Å². The fraction of sp³-hybridized carbons (Fsp3) is 0.643. The highest BCUT2D eigenvalue weighted by Crippen LogP contribution is 2.38. The second-order valence-corrected chi connectivity index (χ2v) is 4.82. The van der Waals surface area contributed by atoms with Gasteiger partial charge in [0.25, 0.3) is 0 Å². The molecule has 1 aromatic heterocycles. The molecule has 2 heterocycles. The molecule has 100 valence electrons. The molecule has 2 atom stereocenters. The van der Waals surface area contributed by atoms with Crippen LogP contribution in [0.5, 0.6) is 5.75 Å². The second-order valence-electron chi connectivity index (χ2n) is 4.82. The van der Waals surface area contributed by atoms with Gasteiger partial charge in [-0.3, -0.25) is 4.98 Å². The van der Waals surface area contributed by atoms with Crippen molar-refractivity contribution in [3.63, 3.8) is 0 Å². The minimum atomic E-state index is -0.926. The Morgan fingerprint density at radius 1 is 1.61 bits per heavy atom. The molecule has 4 heteroatoms. The van der Waals surface area contributed by atoms with Crippen LogP contribution in [-0.2, 0) is 10.3 Å². The molecule has 1 aliphatic rings. The molecule has 0 aliphatic carbocycles. The molecule has 2 unspecified atom stereocenters. The zero-order chi connectivity index (χ0) is 13.0. The summed E-state index contributed by atoms with van der Waals surface area (Å²) in [5, 5.41) is 10.8. The first-order chi connectivity index (χ1) is 8.69. The molecule has 18 heavy (non-hydrogen) atoms. The first-order valence-electron chi connectivity index (χ1n) is 6.53. The third-order valence-electron chi connectivity index (χ3n) is 3.48. The van der Waals surface area contributed by atoms with Crippen LogP contribution in [0.2, 0.25) is 0 Å². The predicted molar refractivity (Wildman–Crippen MR) is 68.6 cm³/mol. The fourth-order valence-corrected chi connectivity index (χ4v) is 2.56. The number of aliphatic hydroxyl groups is 1. The number of hydrogen-bond acceptors (Lipinski definition) is 4. The smallest absolute Gasteiger partial charge is 0.143 e. The monoisotopic (exact) mass is 251 g/mol. The van der Waals surface area contributed by atoms with Crippen LogP contribution in [0, 0.1) is 0 Å². The van der Waals surface area contributed by atoms with Crippen molar-refractivity contribution in [1.82, 2.24) is 4.98 Å². The first kappa shape index (κ1) is 13.3. The molecular weight excluding hydrogens is 230 g/mol. The quantitative estimate of drug-likeness (QED) is 0.891. The number of hydrogen-bond donors (Lipinski definition) is 1. The molecule has 1 N–H and O–H groups in total. The number of pyridine rings is 1. The van der Waals surface area contributed by atoms with Crippen LogP contribution in [0.15, 0.2) is 18.3 Å². The van der Waals surface area contributed by atoms with Gasteiger partial charge in [0.2, 0.25) is 0 Å². The highest BCUT2D eigenvalue weighted by atomic mass is 16.5. The summed E-state index contributed by atoms with van der Waals surface area (Å²) in [6, 6.07) is 3.65. The van der Waals surface area contributed by atoms with Gasteiger partial charge in [-0.2, -0.15) is 0 Å². The molecule has 1 aromatic rings. The van der Waals surface area contributed by atoms with E-state index in [1.807, 2.05) is 12.1 Å². The van der Waals surface area contributed by atoms with E-state index in [0.29, 0.717) is 30.9 Å². The van der Waals surface area contributed by atoms with Gasteiger partial charge in [0, 0.05) is 19.0 Å². The standard InChI is InChI=1S/C14H21NO3/c1-3-5-11-10-14(16,7-9-18-11)13-12(17-2)6-4-8-15-13/h4,6,8,11,16H,3,5,7,9-10H2,1-2H3. The van der Waals surface area contributed by atoms with Gasteiger partial charge in [0.15, 0.2) is 0 Å². The van der Waals surface area contributed by atoms with Crippen LogP contribution in [0.25, 0.3) is 0 Å². The predicted octanol–water partition coefficient (Wildman–Crippen LogP) is 2.26. The van der Waals surface area contributed by atoms with Gasteiger partial charge in [-0.15, -0.1) is 0 Å². The lowest BCUT2D eigenvalue weighted by Gasteiger charge is -2.37. The van der Waals surface area contributed by atoms with Crippen LogP contribution >= 0.6 is 0 Å². The maximum absolute atomic E-state index is 10.8. The summed E-state index contributed by atoms with van der Waals surface area (Å²) in [5.74, 6) is 0.650. The van der Waals surface area contributed by atoms with E-state index in [0.717, 1.165) is 12.8 Å². The van der Waals surface area contributed by atoms with E-state index < -0.39 is 5.60 Å². The number of aromatic nitrogens is 1. The number of rotatable bonds is 4. The molecule has 2 rings (SSSR count). The van der Waals surface area contributed by atoms with Crippen molar-refractivity contribution >= 4 is 0 Å². The third kappa shape index (κ3) is 2.65. The number of nitrogens with zero attached hydrogens (tertiary/aromatic N) is 1. The Hall–Kier alpha value is -1.13. The van der Waals surface area contributed by atoms with Gasteiger partial charge >= 0.3 is 0 Å². The Kier molecular flexibility index (Phi) is 4.19. The minimum Gasteiger partial charge on any atom is -0.495 e. The Bertz CT molecular complexity index is 394. The van der Waals surface area contributed by atoms with Crippen molar-refractivity contribution in [3.05, 3.63) is 24.0 Å². The molecule has 4 nitrogen and oxygen atoms in total. The van der Waals surface area contributed by atoms with Crippen LogP contribution in [0.4, 0.5) is 0 Å². The molecule has 0 spiro atoms. The van der Waals surface area contributed by atoms with Crippen molar-refractivity contribution in [2.75, 3.05) is 13.7 Å². The number of methoxy groups -OCH3 is 1. The van der Waals surface area contributed by atoms with E-state index in [-0.39, 0.29) is 6.10 Å². The average molecular weight is 251 g/mol. The highest BCUT2D eigenvalue weighted by Gasteiger charge is 2.39. The van der Waals surface area contributed by atoms with Crippen LogP contribution in [0.1, 0.15) is 38.3 Å². The van der Waals surface area contributed by atoms with E-state index in [1.165, 1.54) is 0 Å². The molecule has 0 bridgehead atoms. The van der Waals surface area contributed by atoms with Gasteiger partial charge in [-0.05, 0) is 18.6 Å². The zero-order valence-electron chi connectivity index (χ0n) is 11.1. The normalized spacial score (nSPS) is 28.1. The summed E-state index contributed by atoms with van der Waals surface area (Å²) in [7, 11) is 1.60. The summed E-state index contributed by atoms with van der Waals surface area (Å²) in [6.07, 6.45) is 4.99. The lowest BCUT2D eigenvalue weighted by Crippen LogP contribution is -2.39. The van der Waals surface area contributed by atoms with E-state index >= 15 is 0 Å². The van der Waals surface area contributed by atoms with Crippen LogP contribution in [0.3, 0.4) is 0 Å². The largest absolute Gasteiger partial charge is 0.495 e. The summed E-state index contributed by atoms with van der Waals surface area (Å²) < 4.78 is 11.0. The molecular formula is C14H21NO3. The highest BCUT2D eigenvalue weighted by molar-refractivity contribution is 5.32. The van der Waals surface area contributed by atoms with Crippen molar-refractivity contribution < 1.29 is 14.6 Å². The zero-order valence-corrected chi connectivity index (χ0v) is 11.1. The molecule has 0 aromatic carbocycles. The lowest BCUT2D eigenvalue weighted by molar-refractivity contribution is -0.112. The summed E-state index contributed by atoms with van der Waals surface area (Å²) in [6.45, 7) is 2.69. The molecule has 0 radical (unpaired) electrons. The summed E-state index contributed by atoms with van der Waals surface area (Å²) in [4.78, 5) is 4.31. The molecule has 0 saturated carbocycles. The fourth-order valence-electron chi connectivity index (χ4n) is 2.56. The SMILES string of the molecule is CCCC1CC(O)(c2ncccc2OC)CCO1. The van der Waals surface area contributed by atoms with Crippen molar-refractivity contribution in [1.29, 1.82) is 0 Å². The molecule has 1 aliphatic heterocycles. The van der Waals surface area contributed by atoms with Gasteiger partial charge in [-0.1, -0.05) is 13.3 Å². The number of ether oxygens (including phenoxy) is 2.